The van der Waals surface area contributed by atoms with Gasteiger partial charge in [-0.25, -0.2) is 0 Å². The highest BCUT2D eigenvalue weighted by Crippen LogP contribution is 2.17. The predicted octanol–water partition coefficient (Wildman–Crippen LogP) is 3.41. The third kappa shape index (κ3) is 5.84. The maximum absolute atomic E-state index is 13.1. The van der Waals surface area contributed by atoms with Gasteiger partial charge in [-0.1, -0.05) is 41.5 Å². The topological polar surface area (TPSA) is 58.6 Å². The fourth-order valence-electron chi connectivity index (χ4n) is 3.28. The summed E-state index contributed by atoms with van der Waals surface area (Å²) in [6.07, 6.45) is 0.266. The molecule has 150 valence electrons. The standard InChI is InChI=1S/C23H30N2O3/c1-6-24-23(27)18(4)25(15-19-7-9-21(28-5)10-8-19)22(26)14-20-12-16(2)11-17(3)13-20/h7-13,18H,6,14-15H2,1-5H3,(H,24,27)/t18-/m0/s1. The lowest BCUT2D eigenvalue weighted by atomic mass is 10.0. The summed E-state index contributed by atoms with van der Waals surface area (Å²) in [5.41, 5.74) is 4.17. The highest BCUT2D eigenvalue weighted by atomic mass is 16.5. The number of carbonyl (C=O) groups is 2. The number of methoxy groups -OCH3 is 1. The molecule has 0 radical (unpaired) electrons. The smallest absolute Gasteiger partial charge is 0.242 e. The molecule has 5 nitrogen and oxygen atoms in total. The van der Waals surface area contributed by atoms with E-state index in [-0.39, 0.29) is 18.2 Å². The van der Waals surface area contributed by atoms with Gasteiger partial charge in [0.25, 0.3) is 0 Å². The Balaban J connectivity index is 2.24. The van der Waals surface area contributed by atoms with E-state index in [0.717, 1.165) is 28.0 Å². The largest absolute Gasteiger partial charge is 0.497 e. The zero-order chi connectivity index (χ0) is 20.7. The maximum atomic E-state index is 13.1. The van der Waals surface area contributed by atoms with Crippen LogP contribution in [-0.4, -0.2) is 36.4 Å². The van der Waals surface area contributed by atoms with Gasteiger partial charge in [-0.05, 0) is 51.0 Å². The Bertz CT molecular complexity index is 795. The second-order valence-electron chi connectivity index (χ2n) is 7.11. The molecule has 1 atom stereocenters. The Labute approximate surface area is 167 Å². The lowest BCUT2D eigenvalue weighted by molar-refractivity contribution is -0.140. The van der Waals surface area contributed by atoms with Crippen molar-refractivity contribution in [1.82, 2.24) is 10.2 Å². The van der Waals surface area contributed by atoms with E-state index in [1.54, 1.807) is 18.9 Å². The maximum Gasteiger partial charge on any atom is 0.242 e. The highest BCUT2D eigenvalue weighted by Gasteiger charge is 2.26. The fourth-order valence-corrected chi connectivity index (χ4v) is 3.28. The summed E-state index contributed by atoms with van der Waals surface area (Å²) < 4.78 is 5.20. The molecule has 0 aliphatic heterocycles. The summed E-state index contributed by atoms with van der Waals surface area (Å²) in [7, 11) is 1.62. The molecule has 1 N–H and O–H groups in total. The van der Waals surface area contributed by atoms with E-state index in [9.17, 15) is 9.59 Å². The first-order valence-electron chi connectivity index (χ1n) is 9.61. The first kappa shape index (κ1) is 21.5. The Morgan fingerprint density at radius 2 is 1.64 bits per heavy atom. The SMILES string of the molecule is CCNC(=O)[C@H](C)N(Cc1ccc(OC)cc1)C(=O)Cc1cc(C)cc(C)c1. The molecule has 0 aliphatic carbocycles. The second-order valence-corrected chi connectivity index (χ2v) is 7.11. The van der Waals surface area contributed by atoms with Gasteiger partial charge in [0.15, 0.2) is 0 Å². The van der Waals surface area contributed by atoms with E-state index in [0.29, 0.717) is 13.1 Å². The van der Waals surface area contributed by atoms with Crippen LogP contribution in [0.5, 0.6) is 5.75 Å². The number of amides is 2. The van der Waals surface area contributed by atoms with Crippen LogP contribution in [0.3, 0.4) is 0 Å². The average molecular weight is 383 g/mol. The number of carbonyl (C=O) groups excluding carboxylic acids is 2. The minimum absolute atomic E-state index is 0.0698. The van der Waals surface area contributed by atoms with E-state index in [2.05, 4.69) is 11.4 Å². The first-order valence-corrected chi connectivity index (χ1v) is 9.61. The van der Waals surface area contributed by atoms with Crippen molar-refractivity contribution in [1.29, 1.82) is 0 Å². The molecule has 2 aromatic carbocycles. The summed E-state index contributed by atoms with van der Waals surface area (Å²) in [5.74, 6) is 0.540. The zero-order valence-corrected chi connectivity index (χ0v) is 17.4. The molecule has 5 heteroatoms. The zero-order valence-electron chi connectivity index (χ0n) is 17.4. The molecule has 0 bridgehead atoms. The van der Waals surface area contributed by atoms with Gasteiger partial charge in [0.1, 0.15) is 11.8 Å². The second kappa shape index (κ2) is 9.93. The van der Waals surface area contributed by atoms with Crippen molar-refractivity contribution in [3.63, 3.8) is 0 Å². The molecular formula is C23H30N2O3. The van der Waals surface area contributed by atoms with Crippen LogP contribution in [0.2, 0.25) is 0 Å². The van der Waals surface area contributed by atoms with Crippen molar-refractivity contribution in [2.75, 3.05) is 13.7 Å². The average Bonchev–Trinajstić information content (AvgIpc) is 2.65. The lowest BCUT2D eigenvalue weighted by Crippen LogP contribution is -2.48. The van der Waals surface area contributed by atoms with Gasteiger partial charge in [0.2, 0.25) is 11.8 Å². The third-order valence-electron chi connectivity index (χ3n) is 4.67. The summed E-state index contributed by atoms with van der Waals surface area (Å²) in [4.78, 5) is 27.2. The molecule has 2 rings (SSSR count). The fraction of sp³-hybridized carbons (Fsp3) is 0.391. The van der Waals surface area contributed by atoms with E-state index in [4.69, 9.17) is 4.74 Å². The molecule has 0 spiro atoms. The van der Waals surface area contributed by atoms with Crippen molar-refractivity contribution in [3.8, 4) is 5.75 Å². The third-order valence-corrected chi connectivity index (χ3v) is 4.67. The number of likely N-dealkylation sites (N-methyl/N-ethyl adjacent to an activating group) is 1. The van der Waals surface area contributed by atoms with Gasteiger partial charge in [0, 0.05) is 13.1 Å². The molecule has 0 saturated heterocycles. The van der Waals surface area contributed by atoms with E-state index in [1.807, 2.05) is 57.2 Å². The molecule has 0 aromatic heterocycles. The summed E-state index contributed by atoms with van der Waals surface area (Å²) >= 11 is 0. The van der Waals surface area contributed by atoms with Crippen molar-refractivity contribution < 1.29 is 14.3 Å². The van der Waals surface area contributed by atoms with Gasteiger partial charge < -0.3 is 15.0 Å². The normalized spacial score (nSPS) is 11.6. The predicted molar refractivity (Wildman–Crippen MR) is 111 cm³/mol. The molecule has 0 heterocycles. The van der Waals surface area contributed by atoms with Crippen molar-refractivity contribution >= 4 is 11.8 Å². The molecular weight excluding hydrogens is 352 g/mol. The molecule has 2 amide bonds. The number of aryl methyl sites for hydroxylation is 2. The van der Waals surface area contributed by atoms with Crippen molar-refractivity contribution in [2.45, 2.75) is 46.7 Å². The molecule has 0 fully saturated rings. The number of nitrogens with zero attached hydrogens (tertiary/aromatic N) is 1. The van der Waals surface area contributed by atoms with Crippen LogP contribution in [0.1, 0.15) is 36.1 Å². The number of hydrogen-bond donors (Lipinski definition) is 1. The minimum atomic E-state index is -0.555. The van der Waals surface area contributed by atoms with Gasteiger partial charge in [-0.2, -0.15) is 0 Å². The van der Waals surface area contributed by atoms with Gasteiger partial charge in [-0.15, -0.1) is 0 Å². The summed E-state index contributed by atoms with van der Waals surface area (Å²) in [6.45, 7) is 8.58. The van der Waals surface area contributed by atoms with Crippen LogP contribution in [-0.2, 0) is 22.6 Å². The summed E-state index contributed by atoms with van der Waals surface area (Å²) in [6, 6.07) is 13.1. The molecule has 2 aromatic rings. The van der Waals surface area contributed by atoms with Crippen LogP contribution in [0.4, 0.5) is 0 Å². The van der Waals surface area contributed by atoms with Crippen molar-refractivity contribution in [2.24, 2.45) is 0 Å². The van der Waals surface area contributed by atoms with Crippen LogP contribution < -0.4 is 10.1 Å². The number of hydrogen-bond acceptors (Lipinski definition) is 3. The number of benzene rings is 2. The van der Waals surface area contributed by atoms with Crippen LogP contribution in [0.25, 0.3) is 0 Å². The lowest BCUT2D eigenvalue weighted by Gasteiger charge is -2.29. The Morgan fingerprint density at radius 3 is 2.18 bits per heavy atom. The van der Waals surface area contributed by atoms with Crippen LogP contribution in [0, 0.1) is 13.8 Å². The van der Waals surface area contributed by atoms with E-state index in [1.165, 1.54) is 0 Å². The van der Waals surface area contributed by atoms with Crippen LogP contribution >= 0.6 is 0 Å². The van der Waals surface area contributed by atoms with Crippen molar-refractivity contribution in [3.05, 3.63) is 64.7 Å². The van der Waals surface area contributed by atoms with Gasteiger partial charge in [0.05, 0.1) is 13.5 Å². The van der Waals surface area contributed by atoms with Crippen LogP contribution in [0.15, 0.2) is 42.5 Å². The van der Waals surface area contributed by atoms with Gasteiger partial charge in [-0.3, -0.25) is 9.59 Å². The molecule has 0 aliphatic rings. The Hall–Kier alpha value is -2.82. The minimum Gasteiger partial charge on any atom is -0.497 e. The highest BCUT2D eigenvalue weighted by molar-refractivity contribution is 5.88. The molecule has 0 saturated carbocycles. The monoisotopic (exact) mass is 382 g/mol. The van der Waals surface area contributed by atoms with E-state index >= 15 is 0 Å². The summed E-state index contributed by atoms with van der Waals surface area (Å²) in [5, 5.41) is 2.81. The Kier molecular flexibility index (Phi) is 7.61. The molecule has 28 heavy (non-hydrogen) atoms. The number of ether oxygens (including phenoxy) is 1. The number of rotatable bonds is 8. The first-order chi connectivity index (χ1) is 13.3. The van der Waals surface area contributed by atoms with Gasteiger partial charge >= 0.3 is 0 Å². The van der Waals surface area contributed by atoms with E-state index < -0.39 is 6.04 Å². The Morgan fingerprint density at radius 1 is 1.04 bits per heavy atom. The molecule has 0 unspecified atom stereocenters. The quantitative estimate of drug-likeness (QED) is 0.761. The number of nitrogens with one attached hydrogen (secondary N) is 1.